The van der Waals surface area contributed by atoms with E-state index in [0.29, 0.717) is 0 Å². The van der Waals surface area contributed by atoms with Gasteiger partial charge in [-0.3, -0.25) is 4.98 Å². The molecule has 4 rings (SSSR count). The molecule has 0 aliphatic carbocycles. The smallest absolute Gasteiger partial charge is 0.137 e. The van der Waals surface area contributed by atoms with Gasteiger partial charge in [-0.05, 0) is 46.9 Å². The normalized spacial score (nSPS) is 11.6. The van der Waals surface area contributed by atoms with E-state index in [1.54, 1.807) is 12.4 Å². The number of rotatable bonds is 3. The lowest BCUT2D eigenvalue weighted by Gasteiger charge is -2.19. The van der Waals surface area contributed by atoms with Crippen LogP contribution in [0.4, 0.5) is 0 Å². The highest BCUT2D eigenvalue weighted by atomic mass is 35.5. The highest BCUT2D eigenvalue weighted by Gasteiger charge is 2.14. The van der Waals surface area contributed by atoms with Gasteiger partial charge >= 0.3 is 0 Å². The molecule has 3 nitrogen and oxygen atoms in total. The van der Waals surface area contributed by atoms with Crippen molar-refractivity contribution in [2.45, 2.75) is 26.2 Å². The zero-order valence-electron chi connectivity index (χ0n) is 16.2. The van der Waals surface area contributed by atoms with Crippen molar-refractivity contribution < 1.29 is 0 Å². The van der Waals surface area contributed by atoms with Gasteiger partial charge in [0.25, 0.3) is 0 Å². The van der Waals surface area contributed by atoms with E-state index in [9.17, 15) is 0 Å². The summed E-state index contributed by atoms with van der Waals surface area (Å²) in [7, 11) is 0. The Morgan fingerprint density at radius 3 is 2.18 bits per heavy atom. The predicted molar refractivity (Wildman–Crippen MR) is 116 cm³/mol. The monoisotopic (exact) mass is 387 g/mol. The maximum atomic E-state index is 6.51. The van der Waals surface area contributed by atoms with Crippen LogP contribution in [0.5, 0.6) is 0 Å². The zero-order valence-corrected chi connectivity index (χ0v) is 17.0. The van der Waals surface area contributed by atoms with Crippen LogP contribution in [-0.4, -0.2) is 15.0 Å². The van der Waals surface area contributed by atoms with Crippen molar-refractivity contribution in [3.63, 3.8) is 0 Å². The van der Waals surface area contributed by atoms with Crippen molar-refractivity contribution in [1.29, 1.82) is 0 Å². The van der Waals surface area contributed by atoms with E-state index >= 15 is 0 Å². The fourth-order valence-corrected chi connectivity index (χ4v) is 3.42. The lowest BCUT2D eigenvalue weighted by atomic mass is 9.86. The number of H-pyrrole nitrogens is 1. The molecule has 0 aliphatic heterocycles. The van der Waals surface area contributed by atoms with E-state index < -0.39 is 0 Å². The van der Waals surface area contributed by atoms with Crippen LogP contribution < -0.4 is 0 Å². The number of pyridine rings is 1. The zero-order chi connectivity index (χ0) is 19.7. The van der Waals surface area contributed by atoms with Crippen LogP contribution in [0.2, 0.25) is 5.02 Å². The summed E-state index contributed by atoms with van der Waals surface area (Å²) in [5, 5.41) is 0.730. The van der Waals surface area contributed by atoms with Gasteiger partial charge in [0.2, 0.25) is 0 Å². The molecule has 4 heteroatoms. The first-order chi connectivity index (χ1) is 13.4. The second kappa shape index (κ2) is 7.25. The molecule has 0 unspecified atom stereocenters. The minimum Gasteiger partial charge on any atom is -0.338 e. The average molecular weight is 388 g/mol. The third-order valence-corrected chi connectivity index (χ3v) is 5.20. The summed E-state index contributed by atoms with van der Waals surface area (Å²) in [6.07, 6.45) is 5.39. The van der Waals surface area contributed by atoms with Crippen LogP contribution in [0.1, 0.15) is 26.3 Å². The fourth-order valence-electron chi connectivity index (χ4n) is 3.19. The van der Waals surface area contributed by atoms with Crippen LogP contribution >= 0.6 is 11.6 Å². The minimum atomic E-state index is 0.127. The highest BCUT2D eigenvalue weighted by molar-refractivity contribution is 6.33. The predicted octanol–water partition coefficient (Wildman–Crippen LogP) is 6.76. The molecule has 0 radical (unpaired) electrons. The second-order valence-corrected chi connectivity index (χ2v) is 8.31. The third kappa shape index (κ3) is 3.71. The van der Waals surface area contributed by atoms with E-state index in [0.717, 1.165) is 38.8 Å². The summed E-state index contributed by atoms with van der Waals surface area (Å²) in [6, 6.07) is 18.5. The summed E-state index contributed by atoms with van der Waals surface area (Å²) < 4.78 is 0. The summed E-state index contributed by atoms with van der Waals surface area (Å²) in [5.74, 6) is 0.816. The Hall–Kier alpha value is -2.91. The molecule has 1 N–H and O–H groups in total. The first-order valence-electron chi connectivity index (χ1n) is 9.28. The molecule has 0 saturated heterocycles. The molecule has 0 amide bonds. The Balaban J connectivity index is 1.69. The number of nitrogens with zero attached hydrogens (tertiary/aromatic N) is 2. The molecule has 2 aromatic carbocycles. The van der Waals surface area contributed by atoms with Gasteiger partial charge in [0.05, 0.1) is 11.9 Å². The molecule has 0 saturated carbocycles. The second-order valence-electron chi connectivity index (χ2n) is 7.90. The number of hydrogen-bond donors (Lipinski definition) is 1. The molecule has 0 spiro atoms. The number of aromatic amines is 1. The number of aromatic nitrogens is 3. The Morgan fingerprint density at radius 1 is 0.821 bits per heavy atom. The number of nitrogens with one attached hydrogen (secondary N) is 1. The van der Waals surface area contributed by atoms with Gasteiger partial charge in [-0.1, -0.05) is 56.6 Å². The molecule has 0 aliphatic rings. The average Bonchev–Trinajstić information content (AvgIpc) is 3.19. The largest absolute Gasteiger partial charge is 0.338 e. The van der Waals surface area contributed by atoms with Gasteiger partial charge < -0.3 is 4.98 Å². The van der Waals surface area contributed by atoms with E-state index in [1.807, 2.05) is 30.5 Å². The lowest BCUT2D eigenvalue weighted by molar-refractivity contribution is 0.590. The Morgan fingerprint density at radius 2 is 1.50 bits per heavy atom. The van der Waals surface area contributed by atoms with Crippen LogP contribution in [-0.2, 0) is 5.41 Å². The maximum absolute atomic E-state index is 6.51. The quantitative estimate of drug-likeness (QED) is 0.422. The molecular formula is C24H22ClN3. The first-order valence-corrected chi connectivity index (χ1v) is 9.66. The lowest BCUT2D eigenvalue weighted by Crippen LogP contribution is -2.10. The molecule has 140 valence electrons. The van der Waals surface area contributed by atoms with E-state index in [2.05, 4.69) is 66.1 Å². The van der Waals surface area contributed by atoms with E-state index in [1.165, 1.54) is 5.56 Å². The van der Waals surface area contributed by atoms with E-state index in [-0.39, 0.29) is 5.41 Å². The number of imidazole rings is 1. The Kier molecular flexibility index (Phi) is 4.78. The van der Waals surface area contributed by atoms with Crippen LogP contribution in [0, 0.1) is 0 Å². The maximum Gasteiger partial charge on any atom is 0.137 e. The fraction of sp³-hybridized carbons (Fsp3) is 0.167. The van der Waals surface area contributed by atoms with Gasteiger partial charge in [-0.2, -0.15) is 0 Å². The van der Waals surface area contributed by atoms with Crippen LogP contribution in [0.3, 0.4) is 0 Å². The van der Waals surface area contributed by atoms with Gasteiger partial charge in [0.15, 0.2) is 0 Å². The van der Waals surface area contributed by atoms with Crippen molar-refractivity contribution in [3.05, 3.63) is 83.8 Å². The summed E-state index contributed by atoms with van der Waals surface area (Å²) >= 11 is 6.51. The minimum absolute atomic E-state index is 0.127. The van der Waals surface area contributed by atoms with Gasteiger partial charge in [0, 0.05) is 34.1 Å². The SMILES string of the molecule is CC(C)(C)c1ccc(-c2cc(-c3ncc(-c4ccncc4)[nH]3)ccc2Cl)cc1. The molecule has 28 heavy (non-hydrogen) atoms. The molecule has 0 bridgehead atoms. The summed E-state index contributed by atoms with van der Waals surface area (Å²) in [4.78, 5) is 12.0. The number of hydrogen-bond acceptors (Lipinski definition) is 2. The molecule has 2 aromatic heterocycles. The van der Waals surface area contributed by atoms with E-state index in [4.69, 9.17) is 11.6 Å². The number of halogens is 1. The van der Waals surface area contributed by atoms with Crippen molar-refractivity contribution in [1.82, 2.24) is 15.0 Å². The number of benzene rings is 2. The molecular weight excluding hydrogens is 366 g/mol. The van der Waals surface area contributed by atoms with Crippen LogP contribution in [0.25, 0.3) is 33.8 Å². The topological polar surface area (TPSA) is 41.6 Å². The van der Waals surface area contributed by atoms with Gasteiger partial charge in [0.1, 0.15) is 5.82 Å². The van der Waals surface area contributed by atoms with Gasteiger partial charge in [-0.25, -0.2) is 4.98 Å². The highest BCUT2D eigenvalue weighted by Crippen LogP contribution is 2.33. The van der Waals surface area contributed by atoms with Crippen molar-refractivity contribution in [2.75, 3.05) is 0 Å². The van der Waals surface area contributed by atoms with Gasteiger partial charge in [-0.15, -0.1) is 0 Å². The Bertz CT molecular complexity index is 1090. The first kappa shape index (κ1) is 18.5. The van der Waals surface area contributed by atoms with Crippen molar-refractivity contribution in [3.8, 4) is 33.8 Å². The molecule has 0 atom stereocenters. The molecule has 2 heterocycles. The summed E-state index contributed by atoms with van der Waals surface area (Å²) in [5.41, 5.74) is 6.55. The van der Waals surface area contributed by atoms with Crippen molar-refractivity contribution >= 4 is 11.6 Å². The molecule has 4 aromatic rings. The standard InChI is InChI=1S/C24H22ClN3/c1-24(2,3)19-7-4-16(5-8-19)20-14-18(6-9-21(20)25)23-27-15-22(28-23)17-10-12-26-13-11-17/h4-15H,1-3H3,(H,27,28). The van der Waals surface area contributed by atoms with Crippen LogP contribution in [0.15, 0.2) is 73.2 Å². The molecule has 0 fully saturated rings. The summed E-state index contributed by atoms with van der Waals surface area (Å²) in [6.45, 7) is 6.65. The van der Waals surface area contributed by atoms with Crippen molar-refractivity contribution in [2.24, 2.45) is 0 Å². The Labute approximate surface area is 170 Å². The third-order valence-electron chi connectivity index (χ3n) is 4.87.